The first-order chi connectivity index (χ1) is 31.2. The molecular formula is C49H79O15P. The van der Waals surface area contributed by atoms with E-state index < -0.39 is 87.9 Å². The zero-order valence-corrected chi connectivity index (χ0v) is 39.4. The molecule has 1 aliphatic carbocycles. The lowest BCUT2D eigenvalue weighted by Gasteiger charge is -2.41. The van der Waals surface area contributed by atoms with Crippen LogP contribution in [-0.2, 0) is 32.7 Å². The van der Waals surface area contributed by atoms with Crippen LogP contribution in [0.1, 0.15) is 129 Å². The van der Waals surface area contributed by atoms with Gasteiger partial charge in [-0.1, -0.05) is 137 Å². The highest BCUT2D eigenvalue weighted by molar-refractivity contribution is 7.47. The lowest BCUT2D eigenvalue weighted by molar-refractivity contribution is -0.220. The van der Waals surface area contributed by atoms with Crippen LogP contribution in [0.5, 0.6) is 0 Å². The lowest BCUT2D eigenvalue weighted by atomic mass is 9.85. The number of hydrogen-bond acceptors (Lipinski definition) is 14. The van der Waals surface area contributed by atoms with Gasteiger partial charge in [0.1, 0.15) is 43.2 Å². The van der Waals surface area contributed by atoms with Crippen molar-refractivity contribution in [2.24, 2.45) is 0 Å². The number of ether oxygens (including phenoxy) is 2. The van der Waals surface area contributed by atoms with Gasteiger partial charge < -0.3 is 50.1 Å². The van der Waals surface area contributed by atoms with E-state index in [2.05, 4.69) is 68.5 Å². The van der Waals surface area contributed by atoms with Crippen molar-refractivity contribution in [2.45, 2.75) is 184 Å². The van der Waals surface area contributed by atoms with Crippen LogP contribution < -0.4 is 0 Å². The third kappa shape index (κ3) is 30.6. The molecule has 16 heteroatoms. The highest BCUT2D eigenvalue weighted by atomic mass is 31.2. The van der Waals surface area contributed by atoms with Crippen LogP contribution in [0, 0.1) is 0 Å². The number of phosphoric acid groups is 1. The molecule has 370 valence electrons. The maximum absolute atomic E-state index is 12.8. The minimum absolute atomic E-state index is 0.0801. The number of esters is 2. The molecule has 0 aromatic heterocycles. The smallest absolute Gasteiger partial charge is 0.462 e. The van der Waals surface area contributed by atoms with E-state index >= 15 is 0 Å². The Bertz CT molecular complexity index is 1540. The molecule has 0 heterocycles. The highest BCUT2D eigenvalue weighted by Gasteiger charge is 2.51. The fraction of sp³-hybridized carbons (Fsp3) is 0.633. The molecule has 0 aromatic rings. The zero-order chi connectivity index (χ0) is 48.1. The predicted octanol–water partition coefficient (Wildman–Crippen LogP) is 6.99. The SMILES string of the molecule is CC/C=C\C/C=C\C/C=C\C/C=C\CCCCCCC(=O)OC[C@H](COP(=O)(O)OC1[C@H](O)[C@H](O)C(O)[C@H](O)[C@H]1O)OC(=O)CCC[C@@H](O)\C=C/C=C/C=C/[C@@H](O)C/C=C\CCCCC. The van der Waals surface area contributed by atoms with Gasteiger partial charge in [0.15, 0.2) is 6.10 Å². The average molecular weight is 939 g/mol. The van der Waals surface area contributed by atoms with Crippen LogP contribution in [-0.4, -0.2) is 121 Å². The van der Waals surface area contributed by atoms with Gasteiger partial charge in [0, 0.05) is 12.8 Å². The van der Waals surface area contributed by atoms with Crippen LogP contribution in [0.2, 0.25) is 0 Å². The van der Waals surface area contributed by atoms with Crippen molar-refractivity contribution in [1.29, 1.82) is 0 Å². The molecule has 0 aliphatic heterocycles. The van der Waals surface area contributed by atoms with E-state index in [0.717, 1.165) is 70.6 Å². The average Bonchev–Trinajstić information content (AvgIpc) is 3.28. The fourth-order valence-electron chi connectivity index (χ4n) is 6.29. The first kappa shape index (κ1) is 59.7. The van der Waals surface area contributed by atoms with Crippen molar-refractivity contribution in [2.75, 3.05) is 13.2 Å². The molecule has 0 amide bonds. The summed E-state index contributed by atoms with van der Waals surface area (Å²) in [4.78, 5) is 35.7. The highest BCUT2D eigenvalue weighted by Crippen LogP contribution is 2.47. The normalized spacial score (nSPS) is 23.3. The molecule has 3 unspecified atom stereocenters. The van der Waals surface area contributed by atoms with Gasteiger partial charge in [-0.25, -0.2) is 4.57 Å². The molecule has 10 atom stereocenters. The van der Waals surface area contributed by atoms with Crippen molar-refractivity contribution >= 4 is 19.8 Å². The quantitative estimate of drug-likeness (QED) is 0.0104. The minimum atomic E-state index is -5.20. The van der Waals surface area contributed by atoms with E-state index in [4.69, 9.17) is 18.5 Å². The Morgan fingerprint density at radius 1 is 0.585 bits per heavy atom. The second-order valence-corrected chi connectivity index (χ2v) is 17.3. The predicted molar refractivity (Wildman–Crippen MR) is 251 cm³/mol. The van der Waals surface area contributed by atoms with Gasteiger partial charge >= 0.3 is 19.8 Å². The summed E-state index contributed by atoms with van der Waals surface area (Å²) in [5.74, 6) is -1.38. The molecule has 1 fully saturated rings. The van der Waals surface area contributed by atoms with Gasteiger partial charge in [-0.2, -0.15) is 0 Å². The second-order valence-electron chi connectivity index (χ2n) is 15.9. The monoisotopic (exact) mass is 939 g/mol. The van der Waals surface area contributed by atoms with Crippen molar-refractivity contribution in [3.8, 4) is 0 Å². The molecule has 15 nitrogen and oxygen atoms in total. The Morgan fingerprint density at radius 3 is 1.72 bits per heavy atom. The summed E-state index contributed by atoms with van der Waals surface area (Å²) in [6, 6.07) is 0. The molecule has 0 spiro atoms. The van der Waals surface area contributed by atoms with E-state index in [1.165, 1.54) is 12.5 Å². The Hall–Kier alpha value is -3.31. The molecule has 8 N–H and O–H groups in total. The van der Waals surface area contributed by atoms with Gasteiger partial charge in [-0.05, 0) is 77.0 Å². The van der Waals surface area contributed by atoms with Crippen molar-refractivity contribution in [3.05, 3.63) is 97.2 Å². The van der Waals surface area contributed by atoms with Crippen LogP contribution >= 0.6 is 7.82 Å². The number of carbonyl (C=O) groups is 2. The van der Waals surface area contributed by atoms with E-state index in [1.54, 1.807) is 30.4 Å². The molecule has 0 aromatic carbocycles. The summed E-state index contributed by atoms with van der Waals surface area (Å²) in [5, 5.41) is 70.5. The molecule has 0 radical (unpaired) electrons. The summed E-state index contributed by atoms with van der Waals surface area (Å²) >= 11 is 0. The van der Waals surface area contributed by atoms with Crippen molar-refractivity contribution < 1.29 is 73.3 Å². The van der Waals surface area contributed by atoms with Crippen LogP contribution in [0.3, 0.4) is 0 Å². The standard InChI is InChI=1S/C49H79O15P/c1-3-5-7-9-11-12-13-14-15-16-17-18-19-20-21-23-29-35-42(52)61-37-41(38-62-65(59,60)64-49-47(57)45(55)44(54)46(56)48(49)58)63-43(53)36-30-34-40(51)33-28-25-24-27-32-39(50)31-26-22-10-8-6-4-2/h5,7,11-12,14-15,17-18,22,24-28,32-33,39-41,44-51,54-58H,3-4,6,8-10,13,16,19-21,23,29-31,34-38H2,1-2H3,(H,59,60)/b7-5-,12-11-,15-14-,18-17-,25-24+,26-22-,32-27+,33-28-/t39-,40-,41+,44?,45-,46+,47+,48+,49?/m0/s1. The maximum Gasteiger partial charge on any atom is 0.472 e. The number of phosphoric ester groups is 1. The summed E-state index contributed by atoms with van der Waals surface area (Å²) < 4.78 is 33.3. The number of aliphatic hydroxyl groups excluding tert-OH is 7. The van der Waals surface area contributed by atoms with Gasteiger partial charge in [0.05, 0.1) is 18.8 Å². The number of rotatable bonds is 36. The van der Waals surface area contributed by atoms with Crippen molar-refractivity contribution in [1.82, 2.24) is 0 Å². The summed E-state index contributed by atoms with van der Waals surface area (Å²) in [5.41, 5.74) is 0. The third-order valence-corrected chi connectivity index (χ3v) is 11.1. The molecule has 1 rings (SSSR count). The molecule has 0 bridgehead atoms. The first-order valence-corrected chi connectivity index (χ1v) is 24.8. The van der Waals surface area contributed by atoms with E-state index in [-0.39, 0.29) is 25.7 Å². The van der Waals surface area contributed by atoms with Gasteiger partial charge in [-0.15, -0.1) is 0 Å². The van der Waals surface area contributed by atoms with E-state index in [1.807, 2.05) is 6.08 Å². The lowest BCUT2D eigenvalue weighted by Crippen LogP contribution is -2.64. The largest absolute Gasteiger partial charge is 0.472 e. The Kier molecular flexibility index (Phi) is 34.7. The van der Waals surface area contributed by atoms with E-state index in [9.17, 15) is 54.8 Å². The number of carbonyl (C=O) groups excluding carboxylic acids is 2. The Labute approximate surface area is 386 Å². The molecule has 65 heavy (non-hydrogen) atoms. The third-order valence-electron chi connectivity index (χ3n) is 10.1. The molecular weight excluding hydrogens is 859 g/mol. The van der Waals surface area contributed by atoms with Crippen molar-refractivity contribution in [3.63, 3.8) is 0 Å². The Balaban J connectivity index is 2.61. The molecule has 1 aliphatic rings. The fourth-order valence-corrected chi connectivity index (χ4v) is 7.27. The first-order valence-electron chi connectivity index (χ1n) is 23.3. The van der Waals surface area contributed by atoms with Crippen LogP contribution in [0.15, 0.2) is 97.2 Å². The van der Waals surface area contributed by atoms with Gasteiger partial charge in [0.25, 0.3) is 0 Å². The minimum Gasteiger partial charge on any atom is -0.462 e. The number of unbranched alkanes of at least 4 members (excludes halogenated alkanes) is 7. The number of allylic oxidation sites excluding steroid dienone is 13. The zero-order valence-electron chi connectivity index (χ0n) is 38.5. The second kappa shape index (κ2) is 37.7. The van der Waals surface area contributed by atoms with Gasteiger partial charge in [0.2, 0.25) is 0 Å². The molecule has 1 saturated carbocycles. The number of hydrogen-bond donors (Lipinski definition) is 8. The van der Waals surface area contributed by atoms with E-state index in [0.29, 0.717) is 12.8 Å². The van der Waals surface area contributed by atoms with Gasteiger partial charge in [-0.3, -0.25) is 18.6 Å². The topological polar surface area (TPSA) is 250 Å². The summed E-state index contributed by atoms with van der Waals surface area (Å²) in [6.45, 7) is 2.88. The van der Waals surface area contributed by atoms with Crippen LogP contribution in [0.4, 0.5) is 0 Å². The number of aliphatic hydroxyl groups is 7. The maximum atomic E-state index is 12.8. The van der Waals surface area contributed by atoms with Crippen LogP contribution in [0.25, 0.3) is 0 Å². The summed E-state index contributed by atoms with van der Waals surface area (Å²) in [7, 11) is -5.20. The molecule has 0 saturated heterocycles. The Morgan fingerprint density at radius 2 is 1.11 bits per heavy atom. The summed E-state index contributed by atoms with van der Waals surface area (Å²) in [6.07, 6.45) is 29.2.